The minimum absolute atomic E-state index is 0.0809. The maximum Gasteiger partial charge on any atom is 0.429 e. The van der Waals surface area contributed by atoms with Gasteiger partial charge >= 0.3 is 12.1 Å². The smallest absolute Gasteiger partial charge is 0.429 e. The molecule has 0 N–H and O–H groups in total. The van der Waals surface area contributed by atoms with Gasteiger partial charge in [-0.1, -0.05) is 30.3 Å². The third kappa shape index (κ3) is 3.75. The predicted octanol–water partition coefficient (Wildman–Crippen LogP) is 3.88. The van der Waals surface area contributed by atoms with Crippen molar-refractivity contribution in [3.8, 4) is 0 Å². The Morgan fingerprint density at radius 2 is 1.61 bits per heavy atom. The van der Waals surface area contributed by atoms with E-state index in [1.807, 2.05) is 0 Å². The van der Waals surface area contributed by atoms with E-state index in [-0.39, 0.29) is 5.56 Å². The van der Waals surface area contributed by atoms with Crippen LogP contribution >= 0.6 is 0 Å². The van der Waals surface area contributed by atoms with Crippen LogP contribution in [0.4, 0.5) is 13.2 Å². The molecule has 1 aromatic rings. The van der Waals surface area contributed by atoms with Gasteiger partial charge in [0.05, 0.1) is 5.41 Å². The summed E-state index contributed by atoms with van der Waals surface area (Å²) < 4.78 is 43.2. The summed E-state index contributed by atoms with van der Waals surface area (Å²) in [6.07, 6.45) is -6.84. The predicted molar refractivity (Wildman–Crippen MR) is 60.8 cm³/mol. The van der Waals surface area contributed by atoms with Gasteiger partial charge in [0.1, 0.15) is 0 Å². The molecule has 0 aliphatic carbocycles. The zero-order valence-electron chi connectivity index (χ0n) is 10.4. The lowest BCUT2D eigenvalue weighted by molar-refractivity contribution is -0.228. The average Bonchev–Trinajstić information content (AvgIpc) is 2.23. The fraction of sp³-hybridized carbons (Fsp3) is 0.462. The molecule has 0 spiro atoms. The highest BCUT2D eigenvalue weighted by molar-refractivity contribution is 5.75. The van der Waals surface area contributed by atoms with Crippen molar-refractivity contribution in [1.82, 2.24) is 0 Å². The molecule has 0 bridgehead atoms. The van der Waals surface area contributed by atoms with Gasteiger partial charge in [-0.3, -0.25) is 4.79 Å². The van der Waals surface area contributed by atoms with Crippen molar-refractivity contribution in [2.45, 2.75) is 33.1 Å². The Bertz CT molecular complexity index is 404. The summed E-state index contributed by atoms with van der Waals surface area (Å²) >= 11 is 0. The van der Waals surface area contributed by atoms with Crippen LogP contribution in [0.5, 0.6) is 0 Å². The lowest BCUT2D eigenvalue weighted by Gasteiger charge is -2.25. The first-order valence-electron chi connectivity index (χ1n) is 5.45. The number of carbonyl (C=O) groups excluding carboxylic acids is 1. The van der Waals surface area contributed by atoms with Crippen molar-refractivity contribution in [3.05, 3.63) is 35.9 Å². The summed E-state index contributed by atoms with van der Waals surface area (Å²) in [6, 6.07) is 7.11. The number of esters is 1. The maximum absolute atomic E-state index is 12.9. The fourth-order valence-corrected chi connectivity index (χ4v) is 1.24. The molecule has 1 unspecified atom stereocenters. The number of benzene rings is 1. The van der Waals surface area contributed by atoms with E-state index in [9.17, 15) is 18.0 Å². The van der Waals surface area contributed by atoms with Gasteiger partial charge in [-0.15, -0.1) is 0 Å². The topological polar surface area (TPSA) is 26.3 Å². The molecule has 0 saturated carbocycles. The lowest BCUT2D eigenvalue weighted by Crippen LogP contribution is -2.31. The Kier molecular flexibility index (Phi) is 4.04. The molecule has 0 aromatic heterocycles. The molecule has 5 heteroatoms. The monoisotopic (exact) mass is 260 g/mol. The van der Waals surface area contributed by atoms with Gasteiger partial charge in [0.2, 0.25) is 6.10 Å². The van der Waals surface area contributed by atoms with Crippen molar-refractivity contribution in [1.29, 1.82) is 0 Å². The molecule has 100 valence electrons. The standard InChI is InChI=1S/C13H15F3O2/c1-12(2,3)11(17)18-10(13(14,15)16)9-7-5-4-6-8-9/h4-8,10H,1-3H3. The normalized spacial score (nSPS) is 14.1. The third-order valence-corrected chi connectivity index (χ3v) is 2.24. The van der Waals surface area contributed by atoms with E-state index in [2.05, 4.69) is 4.74 Å². The summed E-state index contributed by atoms with van der Waals surface area (Å²) in [5, 5.41) is 0. The molecule has 0 aliphatic rings. The fourth-order valence-electron chi connectivity index (χ4n) is 1.24. The average molecular weight is 260 g/mol. The highest BCUT2D eigenvalue weighted by Gasteiger charge is 2.45. The molecular weight excluding hydrogens is 245 g/mol. The second-order valence-electron chi connectivity index (χ2n) is 4.99. The molecule has 0 amide bonds. The Balaban J connectivity index is 2.99. The van der Waals surface area contributed by atoms with Gasteiger partial charge < -0.3 is 4.74 Å². The minimum atomic E-state index is -4.62. The summed E-state index contributed by atoms with van der Waals surface area (Å²) in [7, 11) is 0. The summed E-state index contributed by atoms with van der Waals surface area (Å²) in [5.74, 6) is -0.881. The van der Waals surface area contributed by atoms with Crippen LogP contribution in [0.15, 0.2) is 30.3 Å². The van der Waals surface area contributed by atoms with E-state index < -0.39 is 23.7 Å². The number of hydrogen-bond donors (Lipinski definition) is 0. The molecule has 1 aromatic carbocycles. The SMILES string of the molecule is CC(C)(C)C(=O)OC(c1ccccc1)C(F)(F)F. The van der Waals surface area contributed by atoms with Crippen LogP contribution in [-0.2, 0) is 9.53 Å². The van der Waals surface area contributed by atoms with Crippen LogP contribution < -0.4 is 0 Å². The minimum Gasteiger partial charge on any atom is -0.447 e. The number of rotatable bonds is 2. The van der Waals surface area contributed by atoms with Crippen molar-refractivity contribution in [2.24, 2.45) is 5.41 Å². The molecule has 18 heavy (non-hydrogen) atoms. The molecule has 0 aliphatic heterocycles. The van der Waals surface area contributed by atoms with Crippen LogP contribution in [0.2, 0.25) is 0 Å². The van der Waals surface area contributed by atoms with Crippen molar-refractivity contribution in [3.63, 3.8) is 0 Å². The molecule has 1 rings (SSSR count). The van der Waals surface area contributed by atoms with Crippen LogP contribution in [0.25, 0.3) is 0 Å². The molecule has 0 radical (unpaired) electrons. The highest BCUT2D eigenvalue weighted by Crippen LogP contribution is 2.37. The number of carbonyl (C=O) groups is 1. The van der Waals surface area contributed by atoms with E-state index in [4.69, 9.17) is 0 Å². The number of hydrogen-bond acceptors (Lipinski definition) is 2. The summed E-state index contributed by atoms with van der Waals surface area (Å²) in [4.78, 5) is 11.6. The van der Waals surface area contributed by atoms with Crippen molar-refractivity contribution >= 4 is 5.97 Å². The van der Waals surface area contributed by atoms with Crippen LogP contribution in [0.1, 0.15) is 32.4 Å². The van der Waals surface area contributed by atoms with Crippen molar-refractivity contribution in [2.75, 3.05) is 0 Å². The van der Waals surface area contributed by atoms with Crippen LogP contribution in [-0.4, -0.2) is 12.1 Å². The summed E-state index contributed by atoms with van der Waals surface area (Å²) in [5.41, 5.74) is -1.05. The molecule has 0 fully saturated rings. The first-order chi connectivity index (χ1) is 8.12. The Morgan fingerprint density at radius 1 is 1.11 bits per heavy atom. The van der Waals surface area contributed by atoms with Gasteiger partial charge in [-0.05, 0) is 20.8 Å². The summed E-state index contributed by atoms with van der Waals surface area (Å²) in [6.45, 7) is 4.52. The Morgan fingerprint density at radius 3 is 2.00 bits per heavy atom. The first-order valence-corrected chi connectivity index (χ1v) is 5.45. The lowest BCUT2D eigenvalue weighted by atomic mass is 9.97. The molecule has 1 atom stereocenters. The second kappa shape index (κ2) is 5.00. The van der Waals surface area contributed by atoms with E-state index in [1.54, 1.807) is 6.07 Å². The number of ether oxygens (including phenoxy) is 1. The largest absolute Gasteiger partial charge is 0.447 e. The first kappa shape index (κ1) is 14.5. The van der Waals surface area contributed by atoms with E-state index in [1.165, 1.54) is 45.0 Å². The van der Waals surface area contributed by atoms with Gasteiger partial charge in [-0.25, -0.2) is 0 Å². The van der Waals surface area contributed by atoms with Gasteiger partial charge in [0.15, 0.2) is 0 Å². The molecule has 0 saturated heterocycles. The molecule has 0 heterocycles. The van der Waals surface area contributed by atoms with E-state index >= 15 is 0 Å². The second-order valence-corrected chi connectivity index (χ2v) is 4.99. The zero-order chi connectivity index (χ0) is 14.0. The molecular formula is C13H15F3O2. The third-order valence-electron chi connectivity index (χ3n) is 2.24. The number of halogens is 3. The van der Waals surface area contributed by atoms with Crippen LogP contribution in [0, 0.1) is 5.41 Å². The van der Waals surface area contributed by atoms with E-state index in [0.29, 0.717) is 0 Å². The highest BCUT2D eigenvalue weighted by atomic mass is 19.4. The van der Waals surface area contributed by atoms with Gasteiger partial charge in [0.25, 0.3) is 0 Å². The Labute approximate surface area is 104 Å². The maximum atomic E-state index is 12.9. The van der Waals surface area contributed by atoms with Crippen molar-refractivity contribution < 1.29 is 22.7 Å². The van der Waals surface area contributed by atoms with Gasteiger partial charge in [-0.2, -0.15) is 13.2 Å². The quantitative estimate of drug-likeness (QED) is 0.754. The molecule has 2 nitrogen and oxygen atoms in total. The van der Waals surface area contributed by atoms with Crippen LogP contribution in [0.3, 0.4) is 0 Å². The Hall–Kier alpha value is -1.52. The zero-order valence-corrected chi connectivity index (χ0v) is 10.4. The van der Waals surface area contributed by atoms with E-state index in [0.717, 1.165) is 0 Å². The van der Waals surface area contributed by atoms with Gasteiger partial charge in [0, 0.05) is 5.56 Å². The number of alkyl halides is 3.